The maximum Gasteiger partial charge on any atom is 0.375 e. The van der Waals surface area contributed by atoms with Crippen LogP contribution in [-0.2, 0) is 6.54 Å². The molecule has 0 aliphatic carbocycles. The Kier molecular flexibility index (Phi) is 2.82. The minimum absolute atomic E-state index is 0.0506. The molecule has 2 rings (SSSR count). The predicted octanol–water partition coefficient (Wildman–Crippen LogP) is 1.30. The van der Waals surface area contributed by atoms with Gasteiger partial charge in [0.15, 0.2) is 0 Å². The van der Waals surface area contributed by atoms with Gasteiger partial charge in [-0.25, -0.2) is 23.2 Å². The summed E-state index contributed by atoms with van der Waals surface area (Å²) in [6.07, 6.45) is 1.19. The quantitative estimate of drug-likeness (QED) is 0.876. The van der Waals surface area contributed by atoms with Gasteiger partial charge in [0.05, 0.1) is 6.54 Å². The molecule has 17 heavy (non-hydrogen) atoms. The number of carboxylic acid groups (broad SMARTS) is 1. The summed E-state index contributed by atoms with van der Waals surface area (Å²) in [5.74, 6) is -3.01. The molecule has 0 bridgehead atoms. The molecule has 0 amide bonds. The molecule has 2 aromatic rings. The van der Waals surface area contributed by atoms with Crippen LogP contribution in [0.5, 0.6) is 0 Å². The summed E-state index contributed by atoms with van der Waals surface area (Å²) < 4.78 is 27.0. The lowest BCUT2D eigenvalue weighted by atomic mass is 10.2. The zero-order valence-electron chi connectivity index (χ0n) is 8.47. The largest absolute Gasteiger partial charge is 0.475 e. The van der Waals surface area contributed by atoms with Gasteiger partial charge in [0.1, 0.15) is 18.0 Å². The molecule has 0 spiro atoms. The molecule has 88 valence electrons. The molecule has 1 aromatic carbocycles. The Morgan fingerprint density at radius 3 is 2.47 bits per heavy atom. The first kappa shape index (κ1) is 11.2. The third-order valence-electron chi connectivity index (χ3n) is 1.99. The molecule has 7 heteroatoms. The Hall–Kier alpha value is -2.31. The van der Waals surface area contributed by atoms with E-state index < -0.39 is 17.6 Å². The maximum absolute atomic E-state index is 12.9. The lowest BCUT2D eigenvalue weighted by Gasteiger charge is -2.01. The molecular formula is C10H7F2N3O2. The van der Waals surface area contributed by atoms with E-state index in [4.69, 9.17) is 5.11 Å². The number of aromatic nitrogens is 3. The van der Waals surface area contributed by atoms with E-state index >= 15 is 0 Å². The zero-order valence-corrected chi connectivity index (χ0v) is 8.47. The molecule has 0 saturated carbocycles. The first-order valence-electron chi connectivity index (χ1n) is 4.62. The monoisotopic (exact) mass is 239 g/mol. The molecular weight excluding hydrogens is 232 g/mol. The van der Waals surface area contributed by atoms with Crippen LogP contribution in [0.15, 0.2) is 24.5 Å². The minimum Gasteiger partial charge on any atom is -0.475 e. The van der Waals surface area contributed by atoms with Crippen molar-refractivity contribution >= 4 is 5.97 Å². The smallest absolute Gasteiger partial charge is 0.375 e. The molecule has 1 heterocycles. The van der Waals surface area contributed by atoms with Crippen molar-refractivity contribution in [3.63, 3.8) is 0 Å². The van der Waals surface area contributed by atoms with Crippen molar-refractivity contribution in [3.05, 3.63) is 47.5 Å². The van der Waals surface area contributed by atoms with Gasteiger partial charge in [0.25, 0.3) is 5.82 Å². The highest BCUT2D eigenvalue weighted by Crippen LogP contribution is 2.09. The average Bonchev–Trinajstić information content (AvgIpc) is 2.64. The average molecular weight is 239 g/mol. The molecule has 1 aromatic heterocycles. The Balaban J connectivity index is 2.22. The van der Waals surface area contributed by atoms with Crippen molar-refractivity contribution in [2.75, 3.05) is 0 Å². The lowest BCUT2D eigenvalue weighted by Crippen LogP contribution is -2.04. The van der Waals surface area contributed by atoms with Crippen LogP contribution in [0, 0.1) is 11.6 Å². The zero-order chi connectivity index (χ0) is 12.4. The minimum atomic E-state index is -1.26. The van der Waals surface area contributed by atoms with E-state index in [9.17, 15) is 13.6 Å². The van der Waals surface area contributed by atoms with Crippen LogP contribution in [0.4, 0.5) is 8.78 Å². The number of hydrogen-bond acceptors (Lipinski definition) is 3. The van der Waals surface area contributed by atoms with Crippen molar-refractivity contribution in [3.8, 4) is 0 Å². The highest BCUT2D eigenvalue weighted by molar-refractivity contribution is 5.82. The number of benzene rings is 1. The van der Waals surface area contributed by atoms with Gasteiger partial charge in [-0.1, -0.05) is 0 Å². The van der Waals surface area contributed by atoms with E-state index in [1.165, 1.54) is 11.0 Å². The molecule has 0 saturated heterocycles. The topological polar surface area (TPSA) is 68.0 Å². The first-order valence-corrected chi connectivity index (χ1v) is 4.62. The van der Waals surface area contributed by atoms with Crippen LogP contribution in [0.25, 0.3) is 0 Å². The molecule has 0 radical (unpaired) electrons. The summed E-state index contributed by atoms with van der Waals surface area (Å²) in [4.78, 5) is 14.0. The van der Waals surface area contributed by atoms with Gasteiger partial charge in [-0.3, -0.25) is 0 Å². The van der Waals surface area contributed by atoms with E-state index in [0.29, 0.717) is 5.56 Å². The van der Waals surface area contributed by atoms with Crippen molar-refractivity contribution < 1.29 is 18.7 Å². The van der Waals surface area contributed by atoms with E-state index in [2.05, 4.69) is 10.1 Å². The third-order valence-corrected chi connectivity index (χ3v) is 1.99. The molecule has 5 nitrogen and oxygen atoms in total. The van der Waals surface area contributed by atoms with Crippen LogP contribution < -0.4 is 0 Å². The number of nitrogens with zero attached hydrogens (tertiary/aromatic N) is 3. The standard InChI is InChI=1S/C10H7F2N3O2/c11-7-1-6(2-8(12)3-7)4-15-5-13-9(14-15)10(16)17/h1-3,5H,4H2,(H,16,17). The maximum atomic E-state index is 12.9. The van der Waals surface area contributed by atoms with E-state index in [-0.39, 0.29) is 12.4 Å². The van der Waals surface area contributed by atoms with Crippen molar-refractivity contribution in [1.82, 2.24) is 14.8 Å². The summed E-state index contributed by atoms with van der Waals surface area (Å²) in [5, 5.41) is 12.2. The van der Waals surface area contributed by atoms with Crippen LogP contribution >= 0.6 is 0 Å². The number of hydrogen-bond donors (Lipinski definition) is 1. The van der Waals surface area contributed by atoms with E-state index in [1.54, 1.807) is 0 Å². The van der Waals surface area contributed by atoms with Gasteiger partial charge in [-0.15, -0.1) is 5.10 Å². The molecule has 1 N–H and O–H groups in total. The van der Waals surface area contributed by atoms with Gasteiger partial charge in [-0.2, -0.15) is 0 Å². The Bertz CT molecular complexity index is 548. The van der Waals surface area contributed by atoms with Crippen LogP contribution in [0.3, 0.4) is 0 Å². The number of rotatable bonds is 3. The summed E-state index contributed by atoms with van der Waals surface area (Å²) >= 11 is 0. The fourth-order valence-electron chi connectivity index (χ4n) is 1.36. The molecule has 0 atom stereocenters. The number of halogens is 2. The van der Waals surface area contributed by atoms with Crippen LogP contribution in [0.2, 0.25) is 0 Å². The van der Waals surface area contributed by atoms with Crippen molar-refractivity contribution in [2.45, 2.75) is 6.54 Å². The fraction of sp³-hybridized carbons (Fsp3) is 0.100. The fourth-order valence-corrected chi connectivity index (χ4v) is 1.36. The molecule has 0 fully saturated rings. The highest BCUT2D eigenvalue weighted by atomic mass is 19.1. The molecule has 0 aliphatic heterocycles. The van der Waals surface area contributed by atoms with Crippen molar-refractivity contribution in [1.29, 1.82) is 0 Å². The summed E-state index contributed by atoms with van der Waals surface area (Å²) in [6.45, 7) is 0.0506. The van der Waals surface area contributed by atoms with E-state index in [0.717, 1.165) is 18.2 Å². The first-order chi connectivity index (χ1) is 8.04. The predicted molar refractivity (Wildman–Crippen MR) is 52.4 cm³/mol. The van der Waals surface area contributed by atoms with Crippen LogP contribution in [-0.4, -0.2) is 25.8 Å². The summed E-state index contributed by atoms with van der Waals surface area (Å²) in [7, 11) is 0. The Morgan fingerprint density at radius 2 is 1.94 bits per heavy atom. The Labute approximate surface area is 94.3 Å². The number of carbonyl (C=O) groups is 1. The normalized spacial score (nSPS) is 10.5. The summed E-state index contributed by atoms with van der Waals surface area (Å²) in [5.41, 5.74) is 0.337. The third kappa shape index (κ3) is 2.63. The van der Waals surface area contributed by atoms with Gasteiger partial charge in [-0.05, 0) is 17.7 Å². The van der Waals surface area contributed by atoms with Crippen LogP contribution in [0.1, 0.15) is 16.2 Å². The second-order valence-electron chi connectivity index (χ2n) is 3.35. The lowest BCUT2D eigenvalue weighted by molar-refractivity contribution is 0.0683. The SMILES string of the molecule is O=C(O)c1ncn(Cc2cc(F)cc(F)c2)n1. The second kappa shape index (κ2) is 4.28. The number of aromatic carboxylic acids is 1. The number of carboxylic acids is 1. The molecule has 0 unspecified atom stereocenters. The van der Waals surface area contributed by atoms with Gasteiger partial charge in [0.2, 0.25) is 0 Å². The van der Waals surface area contributed by atoms with E-state index in [1.807, 2.05) is 0 Å². The summed E-state index contributed by atoms with van der Waals surface area (Å²) in [6, 6.07) is 3.05. The second-order valence-corrected chi connectivity index (χ2v) is 3.35. The van der Waals surface area contributed by atoms with Crippen molar-refractivity contribution in [2.24, 2.45) is 0 Å². The van der Waals surface area contributed by atoms with Gasteiger partial charge in [0, 0.05) is 6.07 Å². The Morgan fingerprint density at radius 1 is 1.29 bits per heavy atom. The van der Waals surface area contributed by atoms with Gasteiger partial charge >= 0.3 is 5.97 Å². The van der Waals surface area contributed by atoms with Gasteiger partial charge < -0.3 is 5.11 Å². The highest BCUT2D eigenvalue weighted by Gasteiger charge is 2.09. The molecule has 0 aliphatic rings.